The normalized spacial score (nSPS) is 11.8. The van der Waals surface area contributed by atoms with E-state index in [1.54, 1.807) is 6.07 Å². The van der Waals surface area contributed by atoms with Crippen molar-refractivity contribution in [3.63, 3.8) is 0 Å². The molecular formula is C12H13FIN3S. The predicted molar refractivity (Wildman–Crippen MR) is 80.5 cm³/mol. The molecule has 0 aliphatic carbocycles. The van der Waals surface area contributed by atoms with Crippen molar-refractivity contribution in [1.82, 2.24) is 14.8 Å². The number of hydrogen-bond acceptors (Lipinski definition) is 2. The minimum absolute atomic E-state index is 0.184. The van der Waals surface area contributed by atoms with Gasteiger partial charge in [0.25, 0.3) is 0 Å². The Morgan fingerprint density at radius 3 is 2.61 bits per heavy atom. The van der Waals surface area contributed by atoms with Crippen LogP contribution in [0.1, 0.15) is 20.8 Å². The van der Waals surface area contributed by atoms with E-state index in [-0.39, 0.29) is 11.4 Å². The minimum atomic E-state index is -0.250. The maximum Gasteiger partial charge on any atom is 0.195 e. The lowest BCUT2D eigenvalue weighted by Gasteiger charge is -2.22. The molecule has 0 atom stereocenters. The van der Waals surface area contributed by atoms with Gasteiger partial charge in [-0.3, -0.25) is 9.67 Å². The number of hydrogen-bond donors (Lipinski definition) is 1. The van der Waals surface area contributed by atoms with Gasteiger partial charge in [0.1, 0.15) is 5.82 Å². The molecule has 1 heterocycles. The monoisotopic (exact) mass is 377 g/mol. The maximum atomic E-state index is 13.1. The van der Waals surface area contributed by atoms with Crippen LogP contribution in [0.2, 0.25) is 0 Å². The quantitative estimate of drug-likeness (QED) is 0.600. The van der Waals surface area contributed by atoms with Gasteiger partial charge < -0.3 is 0 Å². The zero-order valence-corrected chi connectivity index (χ0v) is 13.3. The van der Waals surface area contributed by atoms with Gasteiger partial charge in [-0.25, -0.2) is 4.39 Å². The van der Waals surface area contributed by atoms with Crippen LogP contribution in [0.25, 0.3) is 11.4 Å². The van der Waals surface area contributed by atoms with Gasteiger partial charge in [0.2, 0.25) is 0 Å². The second-order valence-corrected chi connectivity index (χ2v) is 6.53. The van der Waals surface area contributed by atoms with Gasteiger partial charge in [0.05, 0.1) is 0 Å². The largest absolute Gasteiger partial charge is 0.295 e. The highest BCUT2D eigenvalue weighted by atomic mass is 127. The smallest absolute Gasteiger partial charge is 0.195 e. The lowest BCUT2D eigenvalue weighted by atomic mass is 10.1. The number of benzene rings is 1. The molecule has 0 amide bonds. The molecule has 2 rings (SSSR count). The first-order valence-corrected chi connectivity index (χ1v) is 6.93. The Labute approximate surface area is 124 Å². The summed E-state index contributed by atoms with van der Waals surface area (Å²) in [6.45, 7) is 6.16. The third-order valence-electron chi connectivity index (χ3n) is 2.52. The highest BCUT2D eigenvalue weighted by Crippen LogP contribution is 2.28. The molecule has 6 heteroatoms. The van der Waals surface area contributed by atoms with Crippen LogP contribution >= 0.6 is 34.8 Å². The highest BCUT2D eigenvalue weighted by molar-refractivity contribution is 14.1. The number of rotatable bonds is 1. The first-order valence-electron chi connectivity index (χ1n) is 5.44. The van der Waals surface area contributed by atoms with Crippen molar-refractivity contribution >= 4 is 34.8 Å². The van der Waals surface area contributed by atoms with Crippen molar-refractivity contribution in [2.45, 2.75) is 26.3 Å². The van der Waals surface area contributed by atoms with Gasteiger partial charge in [0, 0.05) is 14.7 Å². The van der Waals surface area contributed by atoms with Crippen molar-refractivity contribution in [1.29, 1.82) is 0 Å². The van der Waals surface area contributed by atoms with E-state index in [4.69, 9.17) is 12.2 Å². The van der Waals surface area contributed by atoms with Gasteiger partial charge in [-0.15, -0.1) is 0 Å². The minimum Gasteiger partial charge on any atom is -0.295 e. The van der Waals surface area contributed by atoms with E-state index in [2.05, 4.69) is 53.6 Å². The topological polar surface area (TPSA) is 33.6 Å². The second-order valence-electron chi connectivity index (χ2n) is 4.98. The second kappa shape index (κ2) is 4.73. The van der Waals surface area contributed by atoms with E-state index in [1.165, 1.54) is 12.1 Å². The molecule has 0 unspecified atom stereocenters. The first kappa shape index (κ1) is 13.7. The van der Waals surface area contributed by atoms with Gasteiger partial charge in [0.15, 0.2) is 10.6 Å². The molecule has 0 aliphatic heterocycles. The Morgan fingerprint density at radius 2 is 2.06 bits per heavy atom. The molecule has 18 heavy (non-hydrogen) atoms. The van der Waals surface area contributed by atoms with Crippen LogP contribution in [-0.4, -0.2) is 14.8 Å². The molecule has 2 aromatic rings. The molecule has 0 radical (unpaired) electrons. The van der Waals surface area contributed by atoms with Crippen LogP contribution in [-0.2, 0) is 5.54 Å². The lowest BCUT2D eigenvalue weighted by molar-refractivity contribution is 0.395. The molecule has 0 spiro atoms. The Bertz CT molecular complexity index is 640. The summed E-state index contributed by atoms with van der Waals surface area (Å²) in [6, 6.07) is 4.65. The van der Waals surface area contributed by atoms with E-state index in [9.17, 15) is 4.39 Å². The van der Waals surface area contributed by atoms with Crippen molar-refractivity contribution in [2.24, 2.45) is 0 Å². The fourth-order valence-electron chi connectivity index (χ4n) is 1.77. The standard InChI is InChI=1S/C12H13FIN3S/c1-12(2,3)17-10(15-16-11(17)18)8-5-4-7(13)6-9(8)14/h4-6H,1-3H3,(H,16,18). The molecule has 1 N–H and O–H groups in total. The summed E-state index contributed by atoms with van der Waals surface area (Å²) in [5, 5.41) is 7.06. The van der Waals surface area contributed by atoms with Crippen molar-refractivity contribution < 1.29 is 4.39 Å². The van der Waals surface area contributed by atoms with Crippen LogP contribution in [0.3, 0.4) is 0 Å². The summed E-state index contributed by atoms with van der Waals surface area (Å²) < 4.78 is 16.5. The lowest BCUT2D eigenvalue weighted by Crippen LogP contribution is -2.23. The van der Waals surface area contributed by atoms with Crippen LogP contribution in [0.15, 0.2) is 18.2 Å². The number of aromatic amines is 1. The number of aromatic nitrogens is 3. The molecule has 0 saturated carbocycles. The summed E-state index contributed by atoms with van der Waals surface area (Å²) in [5.41, 5.74) is 0.691. The summed E-state index contributed by atoms with van der Waals surface area (Å²) in [6.07, 6.45) is 0. The van der Waals surface area contributed by atoms with E-state index < -0.39 is 0 Å². The Kier molecular flexibility index (Phi) is 3.59. The fraction of sp³-hybridized carbons (Fsp3) is 0.333. The van der Waals surface area contributed by atoms with Crippen molar-refractivity contribution in [3.05, 3.63) is 32.4 Å². The van der Waals surface area contributed by atoms with Gasteiger partial charge >= 0.3 is 0 Å². The molecular weight excluding hydrogens is 364 g/mol. The summed E-state index contributed by atoms with van der Waals surface area (Å²) >= 11 is 7.36. The third kappa shape index (κ3) is 2.49. The van der Waals surface area contributed by atoms with Gasteiger partial charge in [-0.05, 0) is 73.8 Å². The Balaban J connectivity index is 2.69. The van der Waals surface area contributed by atoms with E-state index in [1.807, 2.05) is 4.57 Å². The molecule has 0 saturated heterocycles. The molecule has 3 nitrogen and oxygen atoms in total. The number of H-pyrrole nitrogens is 1. The molecule has 96 valence electrons. The average molecular weight is 377 g/mol. The van der Waals surface area contributed by atoms with Crippen LogP contribution in [0.4, 0.5) is 4.39 Å². The van der Waals surface area contributed by atoms with Gasteiger partial charge in [-0.2, -0.15) is 5.10 Å². The highest BCUT2D eigenvalue weighted by Gasteiger charge is 2.21. The summed E-state index contributed by atoms with van der Waals surface area (Å²) in [4.78, 5) is 0. The van der Waals surface area contributed by atoms with Crippen molar-refractivity contribution in [3.8, 4) is 11.4 Å². The third-order valence-corrected chi connectivity index (χ3v) is 3.68. The van der Waals surface area contributed by atoms with Crippen molar-refractivity contribution in [2.75, 3.05) is 0 Å². The number of nitrogens with zero attached hydrogens (tertiary/aromatic N) is 2. The SMILES string of the molecule is CC(C)(C)n1c(-c2ccc(F)cc2I)n[nH]c1=S. The van der Waals surface area contributed by atoms with E-state index >= 15 is 0 Å². The van der Waals surface area contributed by atoms with Crippen LogP contribution in [0.5, 0.6) is 0 Å². The Hall–Kier alpha value is -0.760. The molecule has 0 bridgehead atoms. The number of halogens is 2. The maximum absolute atomic E-state index is 13.1. The molecule has 1 aromatic carbocycles. The van der Waals surface area contributed by atoms with Crippen LogP contribution in [0, 0.1) is 14.2 Å². The molecule has 0 aliphatic rings. The van der Waals surface area contributed by atoms with E-state index in [0.717, 1.165) is 15.0 Å². The average Bonchev–Trinajstić information content (AvgIpc) is 2.59. The fourth-order valence-corrected chi connectivity index (χ4v) is 2.90. The number of nitrogens with one attached hydrogen (secondary N) is 1. The zero-order chi connectivity index (χ0) is 13.5. The predicted octanol–water partition coefficient (Wildman–Crippen LogP) is 4.11. The van der Waals surface area contributed by atoms with E-state index in [0.29, 0.717) is 4.77 Å². The molecule has 0 fully saturated rings. The zero-order valence-electron chi connectivity index (χ0n) is 10.3. The summed E-state index contributed by atoms with van der Waals surface area (Å²) in [5.74, 6) is 0.483. The van der Waals surface area contributed by atoms with Crippen LogP contribution < -0.4 is 0 Å². The Morgan fingerprint density at radius 1 is 1.39 bits per heavy atom. The first-order chi connectivity index (χ1) is 8.30. The molecule has 1 aromatic heterocycles. The van der Waals surface area contributed by atoms with Gasteiger partial charge in [-0.1, -0.05) is 0 Å². The summed E-state index contributed by atoms with van der Waals surface area (Å²) in [7, 11) is 0.